The highest BCUT2D eigenvalue weighted by Gasteiger charge is 2.43. The number of piperidine rings is 1. The molecule has 166 valence electrons. The van der Waals surface area contributed by atoms with Crippen molar-refractivity contribution < 1.29 is 13.9 Å². The van der Waals surface area contributed by atoms with Crippen LogP contribution in [-0.2, 0) is 16.0 Å². The van der Waals surface area contributed by atoms with E-state index in [0.29, 0.717) is 31.2 Å². The zero-order valence-corrected chi connectivity index (χ0v) is 18.6. The van der Waals surface area contributed by atoms with Crippen molar-refractivity contribution >= 4 is 5.91 Å². The predicted molar refractivity (Wildman–Crippen MR) is 121 cm³/mol. The van der Waals surface area contributed by atoms with Gasteiger partial charge in [0.15, 0.2) is 0 Å². The van der Waals surface area contributed by atoms with Gasteiger partial charge in [-0.25, -0.2) is 4.39 Å². The van der Waals surface area contributed by atoms with Crippen molar-refractivity contribution in [2.24, 2.45) is 5.41 Å². The first-order valence-corrected chi connectivity index (χ1v) is 11.4. The van der Waals surface area contributed by atoms with Crippen LogP contribution in [0.2, 0.25) is 0 Å². The van der Waals surface area contributed by atoms with E-state index in [9.17, 15) is 9.18 Å². The van der Waals surface area contributed by atoms with E-state index < -0.39 is 5.41 Å². The fourth-order valence-corrected chi connectivity index (χ4v) is 5.04. The lowest BCUT2D eigenvalue weighted by atomic mass is 9.73. The highest BCUT2D eigenvalue weighted by atomic mass is 19.1. The van der Waals surface area contributed by atoms with E-state index >= 15 is 0 Å². The van der Waals surface area contributed by atoms with E-state index in [4.69, 9.17) is 4.74 Å². The minimum absolute atomic E-state index is 0.217. The largest absolute Gasteiger partial charge is 0.381 e. The molecule has 5 heteroatoms. The lowest BCUT2D eigenvalue weighted by Crippen LogP contribution is -2.52. The second kappa shape index (κ2) is 9.49. The maximum absolute atomic E-state index is 14.1. The summed E-state index contributed by atoms with van der Waals surface area (Å²) in [4.78, 5) is 18.1. The number of benzene rings is 2. The minimum atomic E-state index is -0.421. The van der Waals surface area contributed by atoms with E-state index in [-0.39, 0.29) is 11.7 Å². The zero-order chi connectivity index (χ0) is 21.8. The summed E-state index contributed by atoms with van der Waals surface area (Å²) < 4.78 is 19.8. The number of likely N-dealkylation sites (tertiary alicyclic amines) is 1. The van der Waals surface area contributed by atoms with Gasteiger partial charge in [0, 0.05) is 31.9 Å². The normalized spacial score (nSPS) is 19.8. The third-order valence-electron chi connectivity index (χ3n) is 7.14. The van der Waals surface area contributed by atoms with E-state index in [1.165, 1.54) is 6.07 Å². The molecular weight excluding hydrogens is 391 g/mol. The van der Waals surface area contributed by atoms with Crippen LogP contribution < -0.4 is 0 Å². The summed E-state index contributed by atoms with van der Waals surface area (Å²) in [5.41, 5.74) is 2.16. The lowest BCUT2D eigenvalue weighted by Gasteiger charge is -2.43. The van der Waals surface area contributed by atoms with Gasteiger partial charge in [-0.2, -0.15) is 0 Å². The summed E-state index contributed by atoms with van der Waals surface area (Å²) in [5, 5.41) is 0. The maximum atomic E-state index is 14.1. The molecule has 2 aromatic rings. The van der Waals surface area contributed by atoms with Crippen molar-refractivity contribution in [3.63, 3.8) is 0 Å². The third-order valence-corrected chi connectivity index (χ3v) is 7.14. The Bertz CT molecular complexity index is 885. The molecule has 0 bridgehead atoms. The molecule has 0 aliphatic carbocycles. The smallest absolute Gasteiger partial charge is 0.229 e. The number of hydrogen-bond donors (Lipinski definition) is 0. The Morgan fingerprint density at radius 1 is 1.10 bits per heavy atom. The van der Waals surface area contributed by atoms with Crippen LogP contribution in [0.3, 0.4) is 0 Å². The number of ether oxygens (including phenoxy) is 1. The fraction of sp³-hybridized carbons (Fsp3) is 0.500. The van der Waals surface area contributed by atoms with Gasteiger partial charge in [0.2, 0.25) is 5.91 Å². The Hall–Kier alpha value is -2.24. The summed E-state index contributed by atoms with van der Waals surface area (Å²) in [7, 11) is 4.12. The summed E-state index contributed by atoms with van der Waals surface area (Å²) in [6, 6.07) is 15.2. The van der Waals surface area contributed by atoms with Crippen molar-refractivity contribution in [2.75, 3.05) is 40.4 Å². The highest BCUT2D eigenvalue weighted by Crippen LogP contribution is 2.38. The molecule has 2 fully saturated rings. The quantitative estimate of drug-likeness (QED) is 0.714. The Labute approximate surface area is 185 Å². The number of carbonyl (C=O) groups excluding carboxylic acids is 1. The minimum Gasteiger partial charge on any atom is -0.381 e. The van der Waals surface area contributed by atoms with Gasteiger partial charge in [0.25, 0.3) is 0 Å². The summed E-state index contributed by atoms with van der Waals surface area (Å²) in [5.74, 6) is 0.0367. The van der Waals surface area contributed by atoms with E-state index in [1.807, 2.05) is 42.3 Å². The summed E-state index contributed by atoms with van der Waals surface area (Å²) >= 11 is 0. The molecule has 2 aliphatic rings. The Morgan fingerprint density at radius 2 is 1.74 bits per heavy atom. The van der Waals surface area contributed by atoms with Gasteiger partial charge in [-0.1, -0.05) is 42.5 Å². The molecule has 1 amide bonds. The molecule has 0 spiro atoms. The van der Waals surface area contributed by atoms with Gasteiger partial charge in [0.05, 0.1) is 5.41 Å². The SMILES string of the molecule is CN1CCC(N(C)C(=O)C2(Cc3ccc(-c4ccccc4F)cc3)CCOCC2)CC1. The number of halogens is 1. The number of amides is 1. The van der Waals surface area contributed by atoms with Crippen molar-refractivity contribution in [3.8, 4) is 11.1 Å². The van der Waals surface area contributed by atoms with Crippen LogP contribution in [0.4, 0.5) is 4.39 Å². The molecule has 2 aromatic carbocycles. The average Bonchev–Trinajstić information content (AvgIpc) is 2.80. The van der Waals surface area contributed by atoms with E-state index in [1.54, 1.807) is 12.1 Å². The van der Waals surface area contributed by atoms with Crippen LogP contribution in [0.25, 0.3) is 11.1 Å². The Balaban J connectivity index is 1.52. The second-order valence-electron chi connectivity index (χ2n) is 9.20. The summed E-state index contributed by atoms with van der Waals surface area (Å²) in [6.45, 7) is 3.33. The van der Waals surface area contributed by atoms with Gasteiger partial charge in [0.1, 0.15) is 5.82 Å². The first-order valence-electron chi connectivity index (χ1n) is 11.4. The monoisotopic (exact) mass is 424 g/mol. The standard InChI is InChI=1S/C26H33FN2O2/c1-28-15-11-22(12-16-28)29(2)25(30)26(13-17-31-18-14-26)19-20-7-9-21(10-8-20)23-5-3-4-6-24(23)27/h3-10,22H,11-19H2,1-2H3. The molecule has 31 heavy (non-hydrogen) atoms. The topological polar surface area (TPSA) is 32.8 Å². The zero-order valence-electron chi connectivity index (χ0n) is 18.6. The molecule has 2 heterocycles. The molecule has 4 nitrogen and oxygen atoms in total. The number of hydrogen-bond acceptors (Lipinski definition) is 3. The number of nitrogens with zero attached hydrogens (tertiary/aromatic N) is 2. The van der Waals surface area contributed by atoms with Crippen LogP contribution in [0.15, 0.2) is 48.5 Å². The van der Waals surface area contributed by atoms with Crippen LogP contribution in [0, 0.1) is 11.2 Å². The molecule has 0 unspecified atom stereocenters. The van der Waals surface area contributed by atoms with E-state index in [2.05, 4.69) is 11.9 Å². The molecule has 0 saturated carbocycles. The molecule has 0 aromatic heterocycles. The van der Waals surface area contributed by atoms with Crippen LogP contribution in [0.1, 0.15) is 31.2 Å². The number of carbonyl (C=O) groups is 1. The lowest BCUT2D eigenvalue weighted by molar-refractivity contribution is -0.149. The van der Waals surface area contributed by atoms with Crippen molar-refractivity contribution in [2.45, 2.75) is 38.1 Å². The van der Waals surface area contributed by atoms with Crippen LogP contribution >= 0.6 is 0 Å². The second-order valence-corrected chi connectivity index (χ2v) is 9.20. The Morgan fingerprint density at radius 3 is 2.39 bits per heavy atom. The first-order chi connectivity index (χ1) is 15.0. The highest BCUT2D eigenvalue weighted by molar-refractivity contribution is 5.83. The third kappa shape index (κ3) is 4.83. The van der Waals surface area contributed by atoms with Crippen LogP contribution in [-0.4, -0.2) is 62.1 Å². The van der Waals surface area contributed by atoms with Gasteiger partial charge >= 0.3 is 0 Å². The van der Waals surface area contributed by atoms with Crippen molar-refractivity contribution in [1.29, 1.82) is 0 Å². The molecule has 0 atom stereocenters. The average molecular weight is 425 g/mol. The fourth-order valence-electron chi connectivity index (χ4n) is 5.04. The molecule has 2 saturated heterocycles. The summed E-state index contributed by atoms with van der Waals surface area (Å²) in [6.07, 6.45) is 4.25. The molecule has 2 aliphatic heterocycles. The van der Waals surface area contributed by atoms with Gasteiger partial charge < -0.3 is 14.5 Å². The first kappa shape index (κ1) is 22.0. The van der Waals surface area contributed by atoms with Crippen molar-refractivity contribution in [3.05, 3.63) is 59.9 Å². The van der Waals surface area contributed by atoms with Crippen LogP contribution in [0.5, 0.6) is 0 Å². The van der Waals surface area contributed by atoms with E-state index in [0.717, 1.165) is 49.9 Å². The molecule has 0 radical (unpaired) electrons. The maximum Gasteiger partial charge on any atom is 0.229 e. The predicted octanol–water partition coefficient (Wildman–Crippen LogP) is 4.38. The molecule has 0 N–H and O–H groups in total. The van der Waals surface area contributed by atoms with Gasteiger partial charge in [-0.15, -0.1) is 0 Å². The van der Waals surface area contributed by atoms with Gasteiger partial charge in [-0.05, 0) is 69.4 Å². The van der Waals surface area contributed by atoms with Gasteiger partial charge in [-0.3, -0.25) is 4.79 Å². The molecular formula is C26H33FN2O2. The Kier molecular flexibility index (Phi) is 6.73. The number of rotatable bonds is 5. The van der Waals surface area contributed by atoms with Crippen molar-refractivity contribution in [1.82, 2.24) is 9.80 Å². The molecule has 4 rings (SSSR count).